The molecule has 0 aromatic heterocycles. The lowest BCUT2D eigenvalue weighted by atomic mass is 9.61. The molecule has 0 radical (unpaired) electrons. The lowest BCUT2D eigenvalue weighted by Gasteiger charge is -2.44. The molecule has 1 aliphatic carbocycles. The Morgan fingerprint density at radius 3 is 2.23 bits per heavy atom. The van der Waals surface area contributed by atoms with Crippen molar-refractivity contribution in [2.75, 3.05) is 0 Å². The molecular weight excluding hydrogens is 162 g/mol. The molecule has 0 aromatic rings. The van der Waals surface area contributed by atoms with Crippen molar-refractivity contribution in [1.82, 2.24) is 0 Å². The highest BCUT2D eigenvalue weighted by Gasteiger charge is 2.42. The fourth-order valence-electron chi connectivity index (χ4n) is 2.83. The van der Waals surface area contributed by atoms with Gasteiger partial charge in [-0.2, -0.15) is 0 Å². The number of ketones is 1. The van der Waals surface area contributed by atoms with Gasteiger partial charge in [0.05, 0.1) is 0 Å². The van der Waals surface area contributed by atoms with Crippen molar-refractivity contribution in [3.63, 3.8) is 0 Å². The number of hydrogen-bond donors (Lipinski definition) is 1. The first-order valence-corrected chi connectivity index (χ1v) is 5.02. The fourth-order valence-corrected chi connectivity index (χ4v) is 2.83. The summed E-state index contributed by atoms with van der Waals surface area (Å²) in [5.41, 5.74) is 6.01. The van der Waals surface area contributed by atoms with Gasteiger partial charge in [-0.05, 0) is 31.6 Å². The zero-order chi connectivity index (χ0) is 10.3. The Bertz CT molecular complexity index is 222. The SMILES string of the molecule is CC(=O)C1(C)CC(N)CC(C)(C)C1. The summed E-state index contributed by atoms with van der Waals surface area (Å²) in [7, 11) is 0. The third-order valence-electron chi connectivity index (χ3n) is 3.25. The molecule has 2 unspecified atom stereocenters. The summed E-state index contributed by atoms with van der Waals surface area (Å²) in [6.45, 7) is 8.14. The Morgan fingerprint density at radius 1 is 1.31 bits per heavy atom. The van der Waals surface area contributed by atoms with E-state index in [9.17, 15) is 4.79 Å². The molecule has 0 aliphatic heterocycles. The second kappa shape index (κ2) is 3.09. The lowest BCUT2D eigenvalue weighted by Crippen LogP contribution is -2.45. The number of hydrogen-bond acceptors (Lipinski definition) is 2. The summed E-state index contributed by atoms with van der Waals surface area (Å²) in [4.78, 5) is 11.5. The van der Waals surface area contributed by atoms with Crippen LogP contribution in [0.25, 0.3) is 0 Å². The van der Waals surface area contributed by atoms with Gasteiger partial charge in [-0.25, -0.2) is 0 Å². The highest BCUT2D eigenvalue weighted by molar-refractivity contribution is 5.82. The first-order valence-electron chi connectivity index (χ1n) is 5.02. The normalized spacial score (nSPS) is 38.7. The van der Waals surface area contributed by atoms with Gasteiger partial charge in [-0.1, -0.05) is 20.8 Å². The van der Waals surface area contributed by atoms with Crippen LogP contribution in [0.2, 0.25) is 0 Å². The van der Waals surface area contributed by atoms with Crippen molar-refractivity contribution in [3.8, 4) is 0 Å². The van der Waals surface area contributed by atoms with E-state index in [0.717, 1.165) is 19.3 Å². The molecule has 1 fully saturated rings. The first-order chi connectivity index (χ1) is 5.75. The van der Waals surface area contributed by atoms with Crippen LogP contribution in [0.4, 0.5) is 0 Å². The minimum atomic E-state index is -0.179. The van der Waals surface area contributed by atoms with E-state index in [1.807, 2.05) is 0 Å². The summed E-state index contributed by atoms with van der Waals surface area (Å²) >= 11 is 0. The van der Waals surface area contributed by atoms with Gasteiger partial charge in [0.1, 0.15) is 5.78 Å². The predicted octanol–water partition coefficient (Wildman–Crippen LogP) is 2.12. The Kier molecular flexibility index (Phi) is 2.54. The monoisotopic (exact) mass is 183 g/mol. The molecule has 0 heterocycles. The van der Waals surface area contributed by atoms with Crippen LogP contribution in [0.3, 0.4) is 0 Å². The van der Waals surface area contributed by atoms with E-state index in [0.29, 0.717) is 0 Å². The molecule has 1 aliphatic rings. The minimum absolute atomic E-state index is 0.179. The van der Waals surface area contributed by atoms with Crippen molar-refractivity contribution < 1.29 is 4.79 Å². The lowest BCUT2D eigenvalue weighted by molar-refractivity contribution is -0.130. The molecule has 0 aromatic carbocycles. The maximum absolute atomic E-state index is 11.5. The average Bonchev–Trinajstić information content (AvgIpc) is 1.79. The molecule has 1 rings (SSSR count). The van der Waals surface area contributed by atoms with Crippen LogP contribution in [0.1, 0.15) is 47.0 Å². The maximum Gasteiger partial charge on any atom is 0.135 e. The van der Waals surface area contributed by atoms with E-state index in [-0.39, 0.29) is 22.7 Å². The minimum Gasteiger partial charge on any atom is -0.328 e. The van der Waals surface area contributed by atoms with Crippen LogP contribution in [0.15, 0.2) is 0 Å². The van der Waals surface area contributed by atoms with Gasteiger partial charge >= 0.3 is 0 Å². The van der Waals surface area contributed by atoms with Gasteiger partial charge in [0.2, 0.25) is 0 Å². The van der Waals surface area contributed by atoms with Gasteiger partial charge in [-0.15, -0.1) is 0 Å². The summed E-state index contributed by atoms with van der Waals surface area (Å²) in [6, 6.07) is 0.192. The van der Waals surface area contributed by atoms with Crippen molar-refractivity contribution in [3.05, 3.63) is 0 Å². The third kappa shape index (κ3) is 2.31. The molecular formula is C11H21NO. The molecule has 0 bridgehead atoms. The standard InChI is InChI=1S/C11H21NO/c1-8(13)11(4)6-9(12)5-10(2,3)7-11/h9H,5-7,12H2,1-4H3. The highest BCUT2D eigenvalue weighted by atomic mass is 16.1. The van der Waals surface area contributed by atoms with E-state index in [1.165, 1.54) is 0 Å². The Hall–Kier alpha value is -0.370. The maximum atomic E-state index is 11.5. The van der Waals surface area contributed by atoms with Crippen LogP contribution in [-0.4, -0.2) is 11.8 Å². The van der Waals surface area contributed by atoms with Gasteiger partial charge in [0.15, 0.2) is 0 Å². The van der Waals surface area contributed by atoms with Crippen LogP contribution in [0, 0.1) is 10.8 Å². The first kappa shape index (κ1) is 10.7. The molecule has 2 atom stereocenters. The number of carbonyl (C=O) groups is 1. The topological polar surface area (TPSA) is 43.1 Å². The van der Waals surface area contributed by atoms with Crippen LogP contribution >= 0.6 is 0 Å². The smallest absolute Gasteiger partial charge is 0.135 e. The molecule has 1 saturated carbocycles. The second-order valence-corrected chi connectivity index (χ2v) is 5.63. The van der Waals surface area contributed by atoms with Crippen LogP contribution < -0.4 is 5.73 Å². The third-order valence-corrected chi connectivity index (χ3v) is 3.25. The van der Waals surface area contributed by atoms with Crippen molar-refractivity contribution in [2.45, 2.75) is 53.0 Å². The predicted molar refractivity (Wildman–Crippen MR) is 54.4 cm³/mol. The number of carbonyl (C=O) groups excluding carboxylic acids is 1. The van der Waals surface area contributed by atoms with Crippen molar-refractivity contribution in [2.24, 2.45) is 16.6 Å². The van der Waals surface area contributed by atoms with Gasteiger partial charge in [0, 0.05) is 11.5 Å². The van der Waals surface area contributed by atoms with Crippen LogP contribution in [0.5, 0.6) is 0 Å². The molecule has 0 spiro atoms. The molecule has 76 valence electrons. The fraction of sp³-hybridized carbons (Fsp3) is 0.909. The zero-order valence-corrected chi connectivity index (χ0v) is 9.18. The average molecular weight is 183 g/mol. The quantitative estimate of drug-likeness (QED) is 0.676. The molecule has 0 saturated heterocycles. The Labute approximate surface area is 80.9 Å². The Morgan fingerprint density at radius 2 is 1.85 bits per heavy atom. The van der Waals surface area contributed by atoms with E-state index in [2.05, 4.69) is 20.8 Å². The molecule has 0 amide bonds. The number of Topliss-reactive ketones (excluding diaryl/α,β-unsaturated/α-hetero) is 1. The summed E-state index contributed by atoms with van der Waals surface area (Å²) < 4.78 is 0. The molecule has 13 heavy (non-hydrogen) atoms. The molecule has 2 heteroatoms. The van der Waals surface area contributed by atoms with E-state index in [1.54, 1.807) is 6.92 Å². The van der Waals surface area contributed by atoms with E-state index >= 15 is 0 Å². The largest absolute Gasteiger partial charge is 0.328 e. The number of nitrogens with two attached hydrogens (primary N) is 1. The second-order valence-electron chi connectivity index (χ2n) is 5.63. The molecule has 2 nitrogen and oxygen atoms in total. The van der Waals surface area contributed by atoms with E-state index < -0.39 is 0 Å². The van der Waals surface area contributed by atoms with Crippen LogP contribution in [-0.2, 0) is 4.79 Å². The van der Waals surface area contributed by atoms with Gasteiger partial charge < -0.3 is 5.73 Å². The summed E-state index contributed by atoms with van der Waals surface area (Å²) in [6.07, 6.45) is 2.87. The van der Waals surface area contributed by atoms with Gasteiger partial charge in [0.25, 0.3) is 0 Å². The number of rotatable bonds is 1. The summed E-state index contributed by atoms with van der Waals surface area (Å²) in [5, 5.41) is 0. The molecule has 2 N–H and O–H groups in total. The van der Waals surface area contributed by atoms with E-state index in [4.69, 9.17) is 5.73 Å². The van der Waals surface area contributed by atoms with Crippen molar-refractivity contribution >= 4 is 5.78 Å². The van der Waals surface area contributed by atoms with Gasteiger partial charge in [-0.3, -0.25) is 4.79 Å². The highest BCUT2D eigenvalue weighted by Crippen LogP contribution is 2.45. The zero-order valence-electron chi connectivity index (χ0n) is 9.18. The van der Waals surface area contributed by atoms with Crippen molar-refractivity contribution in [1.29, 1.82) is 0 Å². The summed E-state index contributed by atoms with van der Waals surface area (Å²) in [5.74, 6) is 0.288. The Balaban J connectivity index is 2.84.